The van der Waals surface area contributed by atoms with Crippen molar-refractivity contribution in [3.8, 4) is 0 Å². The second kappa shape index (κ2) is 11.3. The molecule has 0 radical (unpaired) electrons. The van der Waals surface area contributed by atoms with Crippen LogP contribution in [0.15, 0.2) is 24.4 Å². The van der Waals surface area contributed by atoms with Crippen LogP contribution in [0.5, 0.6) is 0 Å². The van der Waals surface area contributed by atoms with E-state index >= 15 is 0 Å². The van der Waals surface area contributed by atoms with E-state index < -0.39 is 11.7 Å². The summed E-state index contributed by atoms with van der Waals surface area (Å²) in [7, 11) is 0. The number of aromatic nitrogens is 2. The van der Waals surface area contributed by atoms with Crippen molar-refractivity contribution in [2.75, 3.05) is 30.3 Å². The van der Waals surface area contributed by atoms with E-state index in [1.54, 1.807) is 0 Å². The average molecular weight is 464 g/mol. The molecule has 1 aliphatic heterocycles. The molecule has 0 saturated carbocycles. The van der Waals surface area contributed by atoms with E-state index in [-0.39, 0.29) is 24.2 Å². The molecule has 3 rings (SSSR count). The minimum Gasteiger partial charge on any atom is -0.369 e. The Morgan fingerprint density at radius 1 is 1.06 bits per heavy atom. The number of aryl methyl sites for hydroxylation is 2. The number of alkyl halides is 3. The van der Waals surface area contributed by atoms with E-state index in [0.717, 1.165) is 55.1 Å². The fourth-order valence-corrected chi connectivity index (χ4v) is 4.01. The molecular formula is C24H32F3N5O. The van der Waals surface area contributed by atoms with Gasteiger partial charge in [-0.1, -0.05) is 37.5 Å². The van der Waals surface area contributed by atoms with E-state index in [2.05, 4.69) is 20.6 Å². The molecule has 0 bridgehead atoms. The predicted octanol–water partition coefficient (Wildman–Crippen LogP) is 5.84. The summed E-state index contributed by atoms with van der Waals surface area (Å²) in [6.07, 6.45) is 2.51. The number of para-hydroxylation sites is 1. The third-order valence-corrected chi connectivity index (χ3v) is 5.88. The highest BCUT2D eigenvalue weighted by Crippen LogP contribution is 2.34. The van der Waals surface area contributed by atoms with Crippen molar-refractivity contribution in [2.45, 2.75) is 65.0 Å². The minimum atomic E-state index is -4.57. The molecule has 1 amide bonds. The number of nitrogens with one attached hydrogen (secondary N) is 2. The monoisotopic (exact) mass is 463 g/mol. The topological polar surface area (TPSA) is 70.2 Å². The molecule has 0 unspecified atom stereocenters. The predicted molar refractivity (Wildman–Crippen MR) is 124 cm³/mol. The smallest absolute Gasteiger partial charge is 0.369 e. The van der Waals surface area contributed by atoms with Gasteiger partial charge in [-0.15, -0.1) is 0 Å². The molecular weight excluding hydrogens is 431 g/mol. The molecule has 2 aromatic rings. The van der Waals surface area contributed by atoms with Crippen molar-refractivity contribution in [2.24, 2.45) is 0 Å². The van der Waals surface area contributed by atoms with Crippen LogP contribution in [0.3, 0.4) is 0 Å². The molecule has 1 fully saturated rings. The summed E-state index contributed by atoms with van der Waals surface area (Å²) in [6.45, 7) is 5.32. The highest BCUT2D eigenvalue weighted by atomic mass is 19.4. The fourth-order valence-electron chi connectivity index (χ4n) is 4.01. The Hall–Kier alpha value is -2.84. The van der Waals surface area contributed by atoms with Crippen molar-refractivity contribution in [3.05, 3.63) is 41.1 Å². The van der Waals surface area contributed by atoms with Crippen molar-refractivity contribution >= 4 is 23.4 Å². The third kappa shape index (κ3) is 7.07. The molecule has 0 aliphatic carbocycles. The van der Waals surface area contributed by atoms with Gasteiger partial charge in [0.25, 0.3) is 0 Å². The van der Waals surface area contributed by atoms with Crippen LogP contribution in [0.25, 0.3) is 0 Å². The first-order chi connectivity index (χ1) is 15.8. The number of hydrogen-bond donors (Lipinski definition) is 2. The summed E-state index contributed by atoms with van der Waals surface area (Å²) in [6, 6.07) is 5.73. The van der Waals surface area contributed by atoms with Gasteiger partial charge in [-0.05, 0) is 44.2 Å². The number of halogens is 3. The lowest BCUT2D eigenvalue weighted by Crippen LogP contribution is -2.33. The largest absolute Gasteiger partial charge is 0.421 e. The highest BCUT2D eigenvalue weighted by Gasteiger charge is 2.35. The van der Waals surface area contributed by atoms with Gasteiger partial charge in [-0.2, -0.15) is 18.2 Å². The average Bonchev–Trinajstić information content (AvgIpc) is 2.85. The Labute approximate surface area is 193 Å². The molecule has 180 valence electrons. The number of anilines is 3. The van der Waals surface area contributed by atoms with E-state index in [4.69, 9.17) is 0 Å². The third-order valence-electron chi connectivity index (χ3n) is 5.88. The van der Waals surface area contributed by atoms with Crippen molar-refractivity contribution in [3.63, 3.8) is 0 Å². The molecule has 0 atom stereocenters. The number of carbonyl (C=O) groups excluding carboxylic acids is 1. The molecule has 9 heteroatoms. The number of benzene rings is 1. The molecule has 1 aliphatic rings. The SMILES string of the molecule is Cc1cccc(C)c1Nc1ncc(C(F)(F)F)c(NCCCN2CCCCCCCC2=O)n1. The molecule has 1 saturated heterocycles. The quantitative estimate of drug-likeness (QED) is 0.505. The maximum atomic E-state index is 13.5. The second-order valence-electron chi connectivity index (χ2n) is 8.52. The van der Waals surface area contributed by atoms with Crippen LogP contribution in [0.2, 0.25) is 0 Å². The number of rotatable bonds is 7. The van der Waals surface area contributed by atoms with Gasteiger partial charge in [0.1, 0.15) is 11.4 Å². The zero-order valence-electron chi connectivity index (χ0n) is 19.3. The van der Waals surface area contributed by atoms with Crippen LogP contribution in [-0.2, 0) is 11.0 Å². The summed E-state index contributed by atoms with van der Waals surface area (Å²) < 4.78 is 40.5. The van der Waals surface area contributed by atoms with Crippen LogP contribution in [0.4, 0.5) is 30.6 Å². The van der Waals surface area contributed by atoms with E-state index in [9.17, 15) is 18.0 Å². The summed E-state index contributed by atoms with van der Waals surface area (Å²) in [5.74, 6) is -0.0323. The van der Waals surface area contributed by atoms with Crippen LogP contribution < -0.4 is 10.6 Å². The summed E-state index contributed by atoms with van der Waals surface area (Å²) >= 11 is 0. The van der Waals surface area contributed by atoms with Crippen molar-refractivity contribution in [1.82, 2.24) is 14.9 Å². The van der Waals surface area contributed by atoms with E-state index in [1.807, 2.05) is 36.9 Å². The van der Waals surface area contributed by atoms with Crippen LogP contribution >= 0.6 is 0 Å². The summed E-state index contributed by atoms with van der Waals surface area (Å²) in [5.41, 5.74) is 1.76. The Kier molecular flexibility index (Phi) is 8.52. The Morgan fingerprint density at radius 2 is 1.76 bits per heavy atom. The number of nitrogens with zero attached hydrogens (tertiary/aromatic N) is 3. The molecule has 2 N–H and O–H groups in total. The van der Waals surface area contributed by atoms with Crippen molar-refractivity contribution in [1.29, 1.82) is 0 Å². The van der Waals surface area contributed by atoms with Gasteiger partial charge < -0.3 is 15.5 Å². The van der Waals surface area contributed by atoms with Gasteiger partial charge in [-0.3, -0.25) is 4.79 Å². The minimum absolute atomic E-state index is 0.0955. The lowest BCUT2D eigenvalue weighted by atomic mass is 10.1. The van der Waals surface area contributed by atoms with E-state index in [0.29, 0.717) is 25.9 Å². The number of hydrogen-bond acceptors (Lipinski definition) is 5. The van der Waals surface area contributed by atoms with Crippen LogP contribution in [0, 0.1) is 13.8 Å². The number of amides is 1. The van der Waals surface area contributed by atoms with Gasteiger partial charge in [-0.25, -0.2) is 4.98 Å². The molecule has 0 spiro atoms. The molecule has 33 heavy (non-hydrogen) atoms. The van der Waals surface area contributed by atoms with Gasteiger partial charge in [0, 0.05) is 37.9 Å². The van der Waals surface area contributed by atoms with Crippen LogP contribution in [-0.4, -0.2) is 40.4 Å². The van der Waals surface area contributed by atoms with Crippen LogP contribution in [0.1, 0.15) is 61.6 Å². The Morgan fingerprint density at radius 3 is 2.48 bits per heavy atom. The standard InChI is InChI=1S/C24H32F3N5O/c1-17-10-8-11-18(2)21(17)30-23-29-16-19(24(25,26)27)22(31-23)28-13-9-15-32-14-7-5-3-4-6-12-20(32)33/h8,10-11,16H,3-7,9,12-15H2,1-2H3,(H2,28,29,30,31). The first-order valence-corrected chi connectivity index (χ1v) is 11.5. The van der Waals surface area contributed by atoms with Gasteiger partial charge in [0.05, 0.1) is 0 Å². The van der Waals surface area contributed by atoms with E-state index in [1.165, 1.54) is 0 Å². The normalized spacial score (nSPS) is 15.5. The molecule has 2 heterocycles. The maximum Gasteiger partial charge on any atom is 0.421 e. The van der Waals surface area contributed by atoms with Gasteiger partial charge >= 0.3 is 6.18 Å². The summed E-state index contributed by atoms with van der Waals surface area (Å²) in [4.78, 5) is 22.2. The highest BCUT2D eigenvalue weighted by molar-refractivity contribution is 5.76. The second-order valence-corrected chi connectivity index (χ2v) is 8.52. The first-order valence-electron chi connectivity index (χ1n) is 11.5. The van der Waals surface area contributed by atoms with Gasteiger partial charge in [0.2, 0.25) is 11.9 Å². The maximum absolute atomic E-state index is 13.5. The lowest BCUT2D eigenvalue weighted by molar-refractivity contribution is -0.137. The Balaban J connectivity index is 1.67. The number of carbonyl (C=O) groups is 1. The zero-order chi connectivity index (χ0) is 23.8. The molecule has 1 aromatic carbocycles. The Bertz CT molecular complexity index is 928. The zero-order valence-corrected chi connectivity index (χ0v) is 19.3. The molecule has 1 aromatic heterocycles. The molecule has 6 nitrogen and oxygen atoms in total. The summed E-state index contributed by atoms with van der Waals surface area (Å²) in [5, 5.41) is 5.86. The first kappa shape index (κ1) is 24.8. The lowest BCUT2D eigenvalue weighted by Gasteiger charge is -2.22. The van der Waals surface area contributed by atoms with Gasteiger partial charge in [0.15, 0.2) is 0 Å². The fraction of sp³-hybridized carbons (Fsp3) is 0.542. The van der Waals surface area contributed by atoms with Crippen molar-refractivity contribution < 1.29 is 18.0 Å².